The van der Waals surface area contributed by atoms with E-state index in [-0.39, 0.29) is 17.9 Å². The van der Waals surface area contributed by atoms with Crippen LogP contribution in [0.3, 0.4) is 0 Å². The quantitative estimate of drug-likeness (QED) is 0.808. The van der Waals surface area contributed by atoms with Crippen LogP contribution >= 0.6 is 0 Å². The lowest BCUT2D eigenvalue weighted by molar-refractivity contribution is -0.124. The zero-order valence-electron chi connectivity index (χ0n) is 13.2. The van der Waals surface area contributed by atoms with Crippen molar-refractivity contribution in [2.24, 2.45) is 5.92 Å². The Labute approximate surface area is 116 Å². The Kier molecular flexibility index (Phi) is 6.87. The Morgan fingerprint density at radius 3 is 2.00 bits per heavy atom. The lowest BCUT2D eigenvalue weighted by Gasteiger charge is -2.26. The summed E-state index contributed by atoms with van der Waals surface area (Å²) >= 11 is 0. The first-order valence-corrected chi connectivity index (χ1v) is 6.86. The highest BCUT2D eigenvalue weighted by Crippen LogP contribution is 2.09. The van der Waals surface area contributed by atoms with Gasteiger partial charge in [0.25, 0.3) is 0 Å². The third kappa shape index (κ3) is 7.70. The SMILES string of the molecule is CCC(C)NC(=O)C(NC(=O)OC(C)(C)C)C(C)C. The lowest BCUT2D eigenvalue weighted by Crippen LogP contribution is -2.52. The maximum Gasteiger partial charge on any atom is 0.408 e. The molecule has 2 atom stereocenters. The van der Waals surface area contributed by atoms with Gasteiger partial charge in [0.1, 0.15) is 11.6 Å². The summed E-state index contributed by atoms with van der Waals surface area (Å²) in [6.07, 6.45) is 0.286. The van der Waals surface area contributed by atoms with E-state index in [1.165, 1.54) is 0 Å². The predicted octanol–water partition coefficient (Wildman–Crippen LogP) is 2.45. The van der Waals surface area contributed by atoms with E-state index in [1.54, 1.807) is 20.8 Å². The Morgan fingerprint density at radius 1 is 1.11 bits per heavy atom. The van der Waals surface area contributed by atoms with Crippen molar-refractivity contribution in [3.63, 3.8) is 0 Å². The number of nitrogens with one attached hydrogen (secondary N) is 2. The Balaban J connectivity index is 4.58. The van der Waals surface area contributed by atoms with E-state index in [1.807, 2.05) is 27.7 Å². The lowest BCUT2D eigenvalue weighted by atomic mass is 10.0. The molecular weight excluding hydrogens is 244 g/mol. The fourth-order valence-corrected chi connectivity index (χ4v) is 1.40. The van der Waals surface area contributed by atoms with Crippen molar-refractivity contribution in [1.29, 1.82) is 0 Å². The van der Waals surface area contributed by atoms with Gasteiger partial charge in [0.15, 0.2) is 0 Å². The van der Waals surface area contributed by atoms with Crippen molar-refractivity contribution in [2.75, 3.05) is 0 Å². The van der Waals surface area contributed by atoms with Gasteiger partial charge in [-0.3, -0.25) is 4.79 Å². The van der Waals surface area contributed by atoms with Crippen molar-refractivity contribution in [2.45, 2.75) is 72.6 Å². The maximum absolute atomic E-state index is 12.1. The number of carbonyl (C=O) groups is 2. The molecule has 5 nitrogen and oxygen atoms in total. The molecule has 0 saturated carbocycles. The molecule has 2 amide bonds. The van der Waals surface area contributed by atoms with Gasteiger partial charge in [-0.15, -0.1) is 0 Å². The summed E-state index contributed by atoms with van der Waals surface area (Å²) in [5, 5.41) is 5.50. The predicted molar refractivity (Wildman–Crippen MR) is 75.9 cm³/mol. The molecule has 5 heteroatoms. The molecule has 2 N–H and O–H groups in total. The van der Waals surface area contributed by atoms with E-state index in [4.69, 9.17) is 4.74 Å². The molecule has 0 bridgehead atoms. The van der Waals surface area contributed by atoms with Crippen LogP contribution in [0, 0.1) is 5.92 Å². The first kappa shape index (κ1) is 17.7. The minimum atomic E-state index is -0.580. The normalized spacial score (nSPS) is 14.7. The summed E-state index contributed by atoms with van der Waals surface area (Å²) in [6.45, 7) is 13.1. The molecule has 0 fully saturated rings. The molecule has 0 saturated heterocycles. The van der Waals surface area contributed by atoms with Gasteiger partial charge in [0.05, 0.1) is 0 Å². The number of alkyl carbamates (subject to hydrolysis) is 1. The Hall–Kier alpha value is -1.26. The molecule has 19 heavy (non-hydrogen) atoms. The molecule has 112 valence electrons. The van der Waals surface area contributed by atoms with Gasteiger partial charge < -0.3 is 15.4 Å². The largest absolute Gasteiger partial charge is 0.444 e. The first-order valence-electron chi connectivity index (χ1n) is 6.86. The summed E-state index contributed by atoms with van der Waals surface area (Å²) < 4.78 is 5.17. The van der Waals surface area contributed by atoms with Crippen LogP contribution in [0.4, 0.5) is 4.79 Å². The van der Waals surface area contributed by atoms with Gasteiger partial charge in [0, 0.05) is 6.04 Å². The van der Waals surface area contributed by atoms with Crippen LogP contribution in [-0.4, -0.2) is 29.7 Å². The van der Waals surface area contributed by atoms with E-state index in [2.05, 4.69) is 10.6 Å². The molecule has 0 aromatic carbocycles. The van der Waals surface area contributed by atoms with Gasteiger partial charge in [-0.25, -0.2) is 4.79 Å². The zero-order chi connectivity index (χ0) is 15.2. The first-order chi connectivity index (χ1) is 8.56. The van der Waals surface area contributed by atoms with Gasteiger partial charge in [-0.1, -0.05) is 20.8 Å². The van der Waals surface area contributed by atoms with E-state index in [0.717, 1.165) is 6.42 Å². The molecule has 0 aromatic heterocycles. The van der Waals surface area contributed by atoms with Crippen LogP contribution in [0.2, 0.25) is 0 Å². The van der Waals surface area contributed by atoms with Crippen molar-refractivity contribution < 1.29 is 14.3 Å². The summed E-state index contributed by atoms with van der Waals surface area (Å²) in [5.41, 5.74) is -0.571. The second kappa shape index (κ2) is 7.36. The highest BCUT2D eigenvalue weighted by atomic mass is 16.6. The minimum Gasteiger partial charge on any atom is -0.444 e. The van der Waals surface area contributed by atoms with E-state index in [0.29, 0.717) is 0 Å². The van der Waals surface area contributed by atoms with Crippen LogP contribution in [0.5, 0.6) is 0 Å². The van der Waals surface area contributed by atoms with Crippen molar-refractivity contribution in [1.82, 2.24) is 10.6 Å². The standard InChI is InChI=1S/C14H28N2O3/c1-8-10(4)15-12(17)11(9(2)3)16-13(18)19-14(5,6)7/h9-11H,8H2,1-7H3,(H,15,17)(H,16,18). The average Bonchev–Trinajstić information content (AvgIpc) is 2.22. The zero-order valence-corrected chi connectivity index (χ0v) is 13.2. The number of hydrogen-bond acceptors (Lipinski definition) is 3. The van der Waals surface area contributed by atoms with Gasteiger partial charge in [-0.2, -0.15) is 0 Å². The second-order valence-corrected chi connectivity index (χ2v) is 6.19. The monoisotopic (exact) mass is 272 g/mol. The maximum atomic E-state index is 12.1. The number of amides is 2. The van der Waals surface area contributed by atoms with Crippen LogP contribution in [0.25, 0.3) is 0 Å². The molecular formula is C14H28N2O3. The topological polar surface area (TPSA) is 67.4 Å². The van der Waals surface area contributed by atoms with Crippen LogP contribution in [0.1, 0.15) is 54.9 Å². The highest BCUT2D eigenvalue weighted by molar-refractivity contribution is 5.86. The Morgan fingerprint density at radius 2 is 1.63 bits per heavy atom. The molecule has 0 aromatic rings. The molecule has 0 radical (unpaired) electrons. The molecule has 0 aliphatic carbocycles. The summed E-state index contributed by atoms with van der Waals surface area (Å²) in [6, 6.07) is -0.488. The van der Waals surface area contributed by atoms with Crippen molar-refractivity contribution in [3.05, 3.63) is 0 Å². The fraction of sp³-hybridized carbons (Fsp3) is 0.857. The van der Waals surface area contributed by atoms with Crippen LogP contribution in [0.15, 0.2) is 0 Å². The van der Waals surface area contributed by atoms with E-state index >= 15 is 0 Å². The molecule has 0 rings (SSSR count). The van der Waals surface area contributed by atoms with Gasteiger partial charge in [0.2, 0.25) is 5.91 Å². The van der Waals surface area contributed by atoms with Crippen molar-refractivity contribution >= 4 is 12.0 Å². The van der Waals surface area contributed by atoms with Gasteiger partial charge >= 0.3 is 6.09 Å². The molecule has 0 aliphatic heterocycles. The fourth-order valence-electron chi connectivity index (χ4n) is 1.40. The smallest absolute Gasteiger partial charge is 0.408 e. The van der Waals surface area contributed by atoms with Crippen LogP contribution in [-0.2, 0) is 9.53 Å². The summed E-state index contributed by atoms with van der Waals surface area (Å²) in [4.78, 5) is 23.8. The number of ether oxygens (including phenoxy) is 1. The second-order valence-electron chi connectivity index (χ2n) is 6.19. The summed E-state index contributed by atoms with van der Waals surface area (Å²) in [7, 11) is 0. The number of rotatable bonds is 5. The molecule has 0 spiro atoms. The van der Waals surface area contributed by atoms with Gasteiger partial charge in [-0.05, 0) is 40.0 Å². The van der Waals surface area contributed by atoms with E-state index < -0.39 is 17.7 Å². The number of carbonyl (C=O) groups excluding carboxylic acids is 2. The molecule has 0 aliphatic rings. The molecule has 0 heterocycles. The minimum absolute atomic E-state index is 0.00317. The third-order valence-corrected chi connectivity index (χ3v) is 2.62. The third-order valence-electron chi connectivity index (χ3n) is 2.62. The number of hydrogen-bond donors (Lipinski definition) is 2. The highest BCUT2D eigenvalue weighted by Gasteiger charge is 2.27. The average molecular weight is 272 g/mol. The Bertz CT molecular complexity index is 308. The van der Waals surface area contributed by atoms with Crippen LogP contribution < -0.4 is 10.6 Å². The molecule has 2 unspecified atom stereocenters. The van der Waals surface area contributed by atoms with Crippen molar-refractivity contribution in [3.8, 4) is 0 Å². The van der Waals surface area contributed by atoms with E-state index in [9.17, 15) is 9.59 Å². The summed E-state index contributed by atoms with van der Waals surface area (Å²) in [5.74, 6) is -0.174.